The summed E-state index contributed by atoms with van der Waals surface area (Å²) in [6.07, 6.45) is 2.97. The van der Waals surface area contributed by atoms with Crippen molar-refractivity contribution in [1.82, 2.24) is 29.7 Å². The molecule has 0 aliphatic carbocycles. The maximum absolute atomic E-state index is 12.4. The molecule has 3 N–H and O–H groups in total. The quantitative estimate of drug-likeness (QED) is 0.478. The van der Waals surface area contributed by atoms with Gasteiger partial charge in [0, 0.05) is 5.56 Å². The van der Waals surface area contributed by atoms with Crippen LogP contribution >= 0.6 is 11.8 Å². The molecule has 0 saturated carbocycles. The lowest BCUT2D eigenvalue weighted by Crippen LogP contribution is -2.16. The van der Waals surface area contributed by atoms with Crippen molar-refractivity contribution in [2.75, 3.05) is 11.1 Å². The number of nitrogens with one attached hydrogen (secondary N) is 2. The Balaban J connectivity index is 1.73. The molecule has 0 saturated heterocycles. The average Bonchev–Trinajstić information content (AvgIpc) is 3.24. The predicted octanol–water partition coefficient (Wildman–Crippen LogP) is 2.33. The molecular weight excluding hydrogens is 378 g/mol. The predicted molar refractivity (Wildman–Crippen MR) is 105 cm³/mol. The van der Waals surface area contributed by atoms with Gasteiger partial charge in [0.1, 0.15) is 23.4 Å². The van der Waals surface area contributed by atoms with Gasteiger partial charge in [0.15, 0.2) is 11.5 Å². The molecular formula is C18H15N7O2S. The van der Waals surface area contributed by atoms with Gasteiger partial charge in [-0.1, -0.05) is 12.1 Å². The van der Waals surface area contributed by atoms with Gasteiger partial charge in [-0.2, -0.15) is 9.78 Å². The Morgan fingerprint density at radius 1 is 1.21 bits per heavy atom. The summed E-state index contributed by atoms with van der Waals surface area (Å²) in [6.45, 7) is 1.91. The minimum absolute atomic E-state index is 0.108. The number of aromatic nitrogens is 6. The number of hydrogen-bond donors (Lipinski definition) is 3. The molecule has 1 aliphatic heterocycles. The maximum Gasteiger partial charge on any atom is 0.235 e. The van der Waals surface area contributed by atoms with Crippen molar-refractivity contribution in [3.05, 3.63) is 53.7 Å². The lowest BCUT2D eigenvalue weighted by molar-refractivity contribution is -0.113. The first-order valence-corrected chi connectivity index (χ1v) is 9.61. The number of fused-ring (bicyclic) bond motifs is 2. The van der Waals surface area contributed by atoms with Crippen molar-refractivity contribution in [2.24, 2.45) is 0 Å². The highest BCUT2D eigenvalue weighted by Gasteiger charge is 2.31. The van der Waals surface area contributed by atoms with Crippen LogP contribution in [0.1, 0.15) is 22.1 Å². The van der Waals surface area contributed by atoms with Crippen LogP contribution in [0.25, 0.3) is 17.0 Å². The van der Waals surface area contributed by atoms with Gasteiger partial charge in [-0.25, -0.2) is 15.0 Å². The van der Waals surface area contributed by atoms with Crippen LogP contribution in [0.2, 0.25) is 0 Å². The molecule has 9 nitrogen and oxygen atoms in total. The molecule has 1 atom stereocenters. The fraction of sp³-hybridized carbons (Fsp3) is 0.167. The third kappa shape index (κ3) is 2.61. The average molecular weight is 393 g/mol. The van der Waals surface area contributed by atoms with Crippen molar-refractivity contribution >= 4 is 34.7 Å². The summed E-state index contributed by atoms with van der Waals surface area (Å²) in [7, 11) is 0. The van der Waals surface area contributed by atoms with E-state index in [0.29, 0.717) is 28.6 Å². The number of H-pyrrole nitrogens is 1. The lowest BCUT2D eigenvalue weighted by atomic mass is 10.0. The van der Waals surface area contributed by atoms with Gasteiger partial charge in [-0.3, -0.25) is 4.79 Å². The van der Waals surface area contributed by atoms with Crippen molar-refractivity contribution in [1.29, 1.82) is 0 Å². The molecule has 4 aromatic rings. The summed E-state index contributed by atoms with van der Waals surface area (Å²) in [5.74, 6) is 1.50. The van der Waals surface area contributed by atoms with Gasteiger partial charge in [0.25, 0.3) is 0 Å². The fourth-order valence-corrected chi connectivity index (χ4v) is 4.55. The zero-order valence-electron chi connectivity index (χ0n) is 14.7. The van der Waals surface area contributed by atoms with E-state index in [1.807, 2.05) is 19.1 Å². The molecule has 1 aromatic carbocycles. The Labute approximate surface area is 163 Å². The van der Waals surface area contributed by atoms with E-state index in [2.05, 4.69) is 30.4 Å². The number of rotatable bonds is 2. The smallest absolute Gasteiger partial charge is 0.235 e. The minimum Gasteiger partial charge on any atom is -0.508 e. The second kappa shape index (κ2) is 6.34. The molecule has 140 valence electrons. The van der Waals surface area contributed by atoms with E-state index in [-0.39, 0.29) is 16.9 Å². The molecule has 0 radical (unpaired) electrons. The highest BCUT2D eigenvalue weighted by Crippen LogP contribution is 2.44. The van der Waals surface area contributed by atoms with E-state index >= 15 is 0 Å². The number of nitrogens with zero attached hydrogens (tertiary/aromatic N) is 5. The van der Waals surface area contributed by atoms with Crippen molar-refractivity contribution in [2.45, 2.75) is 12.2 Å². The summed E-state index contributed by atoms with van der Waals surface area (Å²) in [4.78, 5) is 28.1. The SMILES string of the molecule is Cc1nn(-c2ncnc3nc[nH]c23)c2c1[C@@H](c1ccc(O)cc1)SCC(=O)N2. The summed E-state index contributed by atoms with van der Waals surface area (Å²) in [5, 5.41) is 17.2. The van der Waals surface area contributed by atoms with Crippen LogP contribution in [-0.2, 0) is 4.79 Å². The number of hydrogen-bond acceptors (Lipinski definition) is 7. The van der Waals surface area contributed by atoms with E-state index < -0.39 is 0 Å². The van der Waals surface area contributed by atoms with Crippen LogP contribution < -0.4 is 5.32 Å². The van der Waals surface area contributed by atoms with E-state index in [1.54, 1.807) is 23.1 Å². The van der Waals surface area contributed by atoms with Crippen LogP contribution in [0.5, 0.6) is 5.75 Å². The number of aromatic hydroxyl groups is 1. The molecule has 28 heavy (non-hydrogen) atoms. The molecule has 0 spiro atoms. The van der Waals surface area contributed by atoms with E-state index in [1.165, 1.54) is 18.1 Å². The van der Waals surface area contributed by atoms with Gasteiger partial charge in [0.2, 0.25) is 5.91 Å². The number of thioether (sulfide) groups is 1. The molecule has 0 fully saturated rings. The number of phenols is 1. The van der Waals surface area contributed by atoms with Crippen LogP contribution in [-0.4, -0.2) is 46.5 Å². The number of imidazole rings is 1. The normalized spacial score (nSPS) is 16.6. The fourth-order valence-electron chi connectivity index (χ4n) is 3.36. The largest absolute Gasteiger partial charge is 0.508 e. The van der Waals surface area contributed by atoms with Crippen molar-refractivity contribution < 1.29 is 9.90 Å². The van der Waals surface area contributed by atoms with Crippen LogP contribution in [0, 0.1) is 6.92 Å². The number of anilines is 1. The summed E-state index contributed by atoms with van der Waals surface area (Å²) in [5.41, 5.74) is 3.84. The van der Waals surface area contributed by atoms with E-state index in [0.717, 1.165) is 16.8 Å². The van der Waals surface area contributed by atoms with Crippen molar-refractivity contribution in [3.8, 4) is 11.6 Å². The number of amides is 1. The minimum atomic E-state index is -0.109. The van der Waals surface area contributed by atoms with Crippen LogP contribution in [0.3, 0.4) is 0 Å². The van der Waals surface area contributed by atoms with Crippen LogP contribution in [0.15, 0.2) is 36.9 Å². The number of aromatic amines is 1. The molecule has 4 heterocycles. The number of benzene rings is 1. The Bertz CT molecular complexity index is 1200. The second-order valence-corrected chi connectivity index (χ2v) is 7.48. The van der Waals surface area contributed by atoms with Crippen LogP contribution in [0.4, 0.5) is 5.82 Å². The Kier molecular flexibility index (Phi) is 3.79. The topological polar surface area (TPSA) is 122 Å². The van der Waals surface area contributed by atoms with Gasteiger partial charge < -0.3 is 15.4 Å². The Morgan fingerprint density at radius 2 is 2.04 bits per heavy atom. The van der Waals surface area contributed by atoms with E-state index in [9.17, 15) is 9.90 Å². The summed E-state index contributed by atoms with van der Waals surface area (Å²) < 4.78 is 1.63. The molecule has 1 aliphatic rings. The summed E-state index contributed by atoms with van der Waals surface area (Å²) in [6, 6.07) is 7.02. The van der Waals surface area contributed by atoms with Gasteiger partial charge >= 0.3 is 0 Å². The zero-order chi connectivity index (χ0) is 19.3. The molecule has 0 unspecified atom stereocenters. The zero-order valence-corrected chi connectivity index (χ0v) is 15.6. The first-order valence-electron chi connectivity index (χ1n) is 8.56. The number of carbonyl (C=O) groups excluding carboxylic acids is 1. The maximum atomic E-state index is 12.4. The molecule has 10 heteroatoms. The summed E-state index contributed by atoms with van der Waals surface area (Å²) >= 11 is 1.52. The second-order valence-electron chi connectivity index (χ2n) is 6.39. The lowest BCUT2D eigenvalue weighted by Gasteiger charge is -2.15. The molecule has 3 aromatic heterocycles. The number of phenolic OH excluding ortho intramolecular Hbond substituents is 1. The van der Waals surface area contributed by atoms with Gasteiger partial charge in [-0.05, 0) is 24.6 Å². The third-order valence-corrected chi connectivity index (χ3v) is 5.88. The van der Waals surface area contributed by atoms with Gasteiger partial charge in [0.05, 0.1) is 23.0 Å². The molecule has 5 rings (SSSR count). The number of carbonyl (C=O) groups is 1. The van der Waals surface area contributed by atoms with Gasteiger partial charge in [-0.15, -0.1) is 11.8 Å². The highest BCUT2D eigenvalue weighted by atomic mass is 32.2. The third-order valence-electron chi connectivity index (χ3n) is 4.61. The Hall–Kier alpha value is -3.40. The molecule has 1 amide bonds. The molecule has 0 bridgehead atoms. The van der Waals surface area contributed by atoms with E-state index in [4.69, 9.17) is 0 Å². The first-order chi connectivity index (χ1) is 13.6. The first kappa shape index (κ1) is 16.8. The highest BCUT2D eigenvalue weighted by molar-refractivity contribution is 8.00. The standard InChI is InChI=1S/C18H15N7O2S/c1-9-13-15(10-2-4-11(26)5-3-10)28-6-12(27)23-17(13)25(24-9)18-14-16(20-7-19-14)21-8-22-18/h2-5,7-8,15,26H,6H2,1H3,(H,23,27)(H,19,20,21,22)/t15-/m1/s1. The monoisotopic (exact) mass is 393 g/mol. The van der Waals surface area contributed by atoms with Crippen molar-refractivity contribution in [3.63, 3.8) is 0 Å². The number of aryl methyl sites for hydroxylation is 1. The Morgan fingerprint density at radius 3 is 2.86 bits per heavy atom.